The second-order valence-electron chi connectivity index (χ2n) is 6.37. The van der Waals surface area contributed by atoms with Crippen molar-refractivity contribution < 1.29 is 13.2 Å². The van der Waals surface area contributed by atoms with Gasteiger partial charge in [-0.15, -0.1) is 0 Å². The average Bonchev–Trinajstić information content (AvgIpc) is 3.01. The molecule has 0 spiro atoms. The number of hydrogen-bond acceptors (Lipinski definition) is 3. The third-order valence-corrected chi connectivity index (χ3v) is 5.76. The maximum atomic E-state index is 12.6. The van der Waals surface area contributed by atoms with Gasteiger partial charge in [0.1, 0.15) is 0 Å². The fourth-order valence-electron chi connectivity index (χ4n) is 3.42. The lowest BCUT2D eigenvalue weighted by atomic mass is 10.0. The van der Waals surface area contributed by atoms with Crippen LogP contribution in [0.5, 0.6) is 0 Å². The molecule has 25 heavy (non-hydrogen) atoms. The van der Waals surface area contributed by atoms with Crippen LogP contribution in [-0.4, -0.2) is 20.6 Å². The fourth-order valence-corrected chi connectivity index (χ4v) is 4.09. The van der Waals surface area contributed by atoms with Crippen LogP contribution in [-0.2, 0) is 22.7 Å². The van der Waals surface area contributed by atoms with E-state index in [2.05, 4.69) is 17.4 Å². The molecule has 0 radical (unpaired) electrons. The molecule has 0 bridgehead atoms. The predicted octanol–water partition coefficient (Wildman–Crippen LogP) is 3.59. The second-order valence-corrected chi connectivity index (χ2v) is 8.38. The molecule has 0 aliphatic heterocycles. The molecule has 0 fully saturated rings. The zero-order chi connectivity index (χ0) is 17.6. The molecule has 0 atom stereocenters. The first kappa shape index (κ1) is 15.8. The lowest BCUT2D eigenvalue weighted by Gasteiger charge is -2.11. The average molecular weight is 351 g/mol. The van der Waals surface area contributed by atoms with Crippen molar-refractivity contribution in [3.63, 3.8) is 0 Å². The highest BCUT2D eigenvalue weighted by Crippen LogP contribution is 2.35. The highest BCUT2D eigenvalue weighted by Gasteiger charge is 2.17. The summed E-state index contributed by atoms with van der Waals surface area (Å²) in [7, 11) is -3.35. The monoisotopic (exact) mass is 351 g/mol. The summed E-state index contributed by atoms with van der Waals surface area (Å²) in [5.74, 6) is -0.316. The molecule has 126 valence electrons. The predicted molar refractivity (Wildman–Crippen MR) is 98.9 cm³/mol. The van der Waals surface area contributed by atoms with Crippen molar-refractivity contribution in [3.8, 4) is 0 Å². The molecule has 0 heterocycles. The normalized spacial score (nSPS) is 13.2. The summed E-state index contributed by atoms with van der Waals surface area (Å²) in [6, 6.07) is 16.2. The molecule has 1 aliphatic carbocycles. The minimum atomic E-state index is -3.35. The number of benzene rings is 3. The van der Waals surface area contributed by atoms with Crippen molar-refractivity contribution in [2.45, 2.75) is 17.7 Å². The van der Waals surface area contributed by atoms with Gasteiger partial charge in [-0.05, 0) is 53.6 Å². The van der Waals surface area contributed by atoms with E-state index in [9.17, 15) is 13.2 Å². The summed E-state index contributed by atoms with van der Waals surface area (Å²) < 4.78 is 23.4. The van der Waals surface area contributed by atoms with Crippen molar-refractivity contribution in [1.82, 2.24) is 0 Å². The van der Waals surface area contributed by atoms with Crippen LogP contribution in [0.3, 0.4) is 0 Å². The Hall–Kier alpha value is -2.66. The van der Waals surface area contributed by atoms with Gasteiger partial charge < -0.3 is 5.32 Å². The Kier molecular flexibility index (Phi) is 3.62. The maximum absolute atomic E-state index is 12.6. The van der Waals surface area contributed by atoms with Gasteiger partial charge >= 0.3 is 0 Å². The molecule has 0 saturated heterocycles. The van der Waals surface area contributed by atoms with Crippen molar-refractivity contribution in [2.75, 3.05) is 11.6 Å². The van der Waals surface area contributed by atoms with E-state index in [1.807, 2.05) is 18.2 Å². The van der Waals surface area contributed by atoms with Crippen LogP contribution >= 0.6 is 0 Å². The third-order valence-electron chi connectivity index (χ3n) is 4.65. The molecule has 1 N–H and O–H groups in total. The summed E-state index contributed by atoms with van der Waals surface area (Å²) >= 11 is 0. The highest BCUT2D eigenvalue weighted by atomic mass is 32.2. The number of rotatable bonds is 3. The van der Waals surface area contributed by atoms with Gasteiger partial charge in [-0.1, -0.05) is 30.3 Å². The Morgan fingerprint density at radius 1 is 0.960 bits per heavy atom. The van der Waals surface area contributed by atoms with E-state index in [1.165, 1.54) is 28.6 Å². The maximum Gasteiger partial charge on any atom is 0.255 e. The molecule has 5 heteroatoms. The molecular formula is C20H17NO3S. The van der Waals surface area contributed by atoms with Crippen molar-refractivity contribution in [1.29, 1.82) is 0 Å². The van der Waals surface area contributed by atoms with Crippen LogP contribution in [0.2, 0.25) is 0 Å². The van der Waals surface area contributed by atoms with Crippen LogP contribution < -0.4 is 5.32 Å². The summed E-state index contributed by atoms with van der Waals surface area (Å²) in [6.07, 6.45) is 3.19. The van der Waals surface area contributed by atoms with Crippen LogP contribution in [0.1, 0.15) is 21.5 Å². The van der Waals surface area contributed by atoms with Crippen LogP contribution in [0.4, 0.5) is 5.69 Å². The van der Waals surface area contributed by atoms with Gasteiger partial charge in [-0.3, -0.25) is 4.79 Å². The first-order valence-corrected chi connectivity index (χ1v) is 9.97. The van der Waals surface area contributed by atoms with Crippen LogP contribution in [0, 0.1) is 0 Å². The molecule has 0 saturated carbocycles. The Morgan fingerprint density at radius 2 is 1.68 bits per heavy atom. The van der Waals surface area contributed by atoms with E-state index in [0.29, 0.717) is 5.56 Å². The Morgan fingerprint density at radius 3 is 2.44 bits per heavy atom. The van der Waals surface area contributed by atoms with E-state index in [1.54, 1.807) is 12.1 Å². The van der Waals surface area contributed by atoms with E-state index < -0.39 is 9.84 Å². The SMILES string of the molecule is CS(=O)(=O)c1cccc(C(=O)Nc2ccc3c4c(cccc24)CC3)c1. The van der Waals surface area contributed by atoms with Gasteiger partial charge in [0, 0.05) is 22.9 Å². The van der Waals surface area contributed by atoms with Crippen molar-refractivity contribution >= 4 is 32.2 Å². The van der Waals surface area contributed by atoms with Gasteiger partial charge in [0.2, 0.25) is 0 Å². The van der Waals surface area contributed by atoms with Gasteiger partial charge in [0.05, 0.1) is 4.90 Å². The minimum absolute atomic E-state index is 0.139. The fraction of sp³-hybridized carbons (Fsp3) is 0.150. The number of anilines is 1. The molecule has 4 nitrogen and oxygen atoms in total. The third kappa shape index (κ3) is 2.81. The molecule has 1 aliphatic rings. The van der Waals surface area contributed by atoms with Crippen LogP contribution in [0.25, 0.3) is 10.8 Å². The molecule has 3 aromatic rings. The molecular weight excluding hydrogens is 334 g/mol. The second kappa shape index (κ2) is 5.70. The Bertz CT molecular complexity index is 1110. The molecule has 3 aromatic carbocycles. The van der Waals surface area contributed by atoms with E-state index in [0.717, 1.165) is 30.2 Å². The van der Waals surface area contributed by atoms with Gasteiger partial charge in [-0.2, -0.15) is 0 Å². The van der Waals surface area contributed by atoms with Crippen molar-refractivity contribution in [3.05, 3.63) is 71.3 Å². The van der Waals surface area contributed by atoms with Crippen LogP contribution in [0.15, 0.2) is 59.5 Å². The first-order valence-electron chi connectivity index (χ1n) is 8.08. The lowest BCUT2D eigenvalue weighted by molar-refractivity contribution is 0.102. The molecule has 1 amide bonds. The molecule has 4 rings (SSSR count). The molecule has 0 aromatic heterocycles. The summed E-state index contributed by atoms with van der Waals surface area (Å²) in [4.78, 5) is 12.8. The number of nitrogens with one attached hydrogen (secondary N) is 1. The van der Waals surface area contributed by atoms with E-state index in [4.69, 9.17) is 0 Å². The summed E-state index contributed by atoms with van der Waals surface area (Å²) in [5.41, 5.74) is 3.69. The van der Waals surface area contributed by atoms with Gasteiger partial charge in [-0.25, -0.2) is 8.42 Å². The van der Waals surface area contributed by atoms with Gasteiger partial charge in [0.15, 0.2) is 9.84 Å². The van der Waals surface area contributed by atoms with E-state index in [-0.39, 0.29) is 10.8 Å². The molecule has 0 unspecified atom stereocenters. The standard InChI is InChI=1S/C20H17NO3S/c1-25(23,24)16-6-2-5-15(12-16)20(22)21-18-11-10-14-9-8-13-4-3-7-17(18)19(13)14/h2-7,10-12H,8-9H2,1H3,(H,21,22). The quantitative estimate of drug-likeness (QED) is 0.784. The summed E-state index contributed by atoms with van der Waals surface area (Å²) in [5, 5.41) is 5.18. The Labute approximate surface area is 146 Å². The number of carbonyl (C=O) groups is 1. The number of amides is 1. The first-order chi connectivity index (χ1) is 11.9. The number of aryl methyl sites for hydroxylation is 2. The Balaban J connectivity index is 1.72. The largest absolute Gasteiger partial charge is 0.321 e. The lowest BCUT2D eigenvalue weighted by Crippen LogP contribution is -2.13. The van der Waals surface area contributed by atoms with E-state index >= 15 is 0 Å². The van der Waals surface area contributed by atoms with Gasteiger partial charge in [0.25, 0.3) is 5.91 Å². The summed E-state index contributed by atoms with van der Waals surface area (Å²) in [6.45, 7) is 0. The highest BCUT2D eigenvalue weighted by molar-refractivity contribution is 7.90. The number of hydrogen-bond donors (Lipinski definition) is 1. The smallest absolute Gasteiger partial charge is 0.255 e. The zero-order valence-electron chi connectivity index (χ0n) is 13.7. The van der Waals surface area contributed by atoms with Crippen molar-refractivity contribution in [2.24, 2.45) is 0 Å². The zero-order valence-corrected chi connectivity index (χ0v) is 14.6. The number of sulfone groups is 1. The topological polar surface area (TPSA) is 63.2 Å². The number of carbonyl (C=O) groups excluding carboxylic acids is 1. The minimum Gasteiger partial charge on any atom is -0.321 e.